The van der Waals surface area contributed by atoms with Crippen molar-refractivity contribution in [2.75, 3.05) is 11.9 Å². The standard InChI is InChI=1S/C13H13FN4O/c1-18-8-10(6-17-18)13(19)7-16-12-3-2-9(5-15)4-11(12)14/h2-4,6,8,13,16,19H,7H2,1H3. The molecule has 1 aromatic heterocycles. The number of aryl methyl sites for hydroxylation is 1. The fraction of sp³-hybridized carbons (Fsp3) is 0.231. The summed E-state index contributed by atoms with van der Waals surface area (Å²) in [6.07, 6.45) is 2.48. The highest BCUT2D eigenvalue weighted by molar-refractivity contribution is 5.48. The molecule has 5 nitrogen and oxygen atoms in total. The number of aromatic nitrogens is 2. The molecule has 0 bridgehead atoms. The zero-order valence-electron chi connectivity index (χ0n) is 10.3. The number of halogens is 1. The number of hydrogen-bond acceptors (Lipinski definition) is 4. The van der Waals surface area contributed by atoms with Gasteiger partial charge < -0.3 is 10.4 Å². The van der Waals surface area contributed by atoms with Gasteiger partial charge in [0.2, 0.25) is 0 Å². The van der Waals surface area contributed by atoms with Crippen LogP contribution in [0.5, 0.6) is 0 Å². The smallest absolute Gasteiger partial charge is 0.147 e. The number of nitrogens with one attached hydrogen (secondary N) is 1. The Hall–Kier alpha value is -2.39. The van der Waals surface area contributed by atoms with E-state index in [9.17, 15) is 9.50 Å². The van der Waals surface area contributed by atoms with Crippen molar-refractivity contribution in [3.8, 4) is 6.07 Å². The number of nitriles is 1. The lowest BCUT2D eigenvalue weighted by Gasteiger charge is -2.11. The molecule has 0 amide bonds. The van der Waals surface area contributed by atoms with Crippen LogP contribution in [0.25, 0.3) is 0 Å². The van der Waals surface area contributed by atoms with Crippen molar-refractivity contribution in [2.24, 2.45) is 7.05 Å². The summed E-state index contributed by atoms with van der Waals surface area (Å²) >= 11 is 0. The summed E-state index contributed by atoms with van der Waals surface area (Å²) in [7, 11) is 1.75. The molecule has 0 saturated carbocycles. The van der Waals surface area contributed by atoms with Crippen LogP contribution in [0.15, 0.2) is 30.6 Å². The highest BCUT2D eigenvalue weighted by Gasteiger charge is 2.10. The van der Waals surface area contributed by atoms with Gasteiger partial charge in [-0.25, -0.2) is 4.39 Å². The van der Waals surface area contributed by atoms with Crippen molar-refractivity contribution in [1.82, 2.24) is 9.78 Å². The molecule has 0 spiro atoms. The number of anilines is 1. The second-order valence-corrected chi connectivity index (χ2v) is 4.15. The predicted octanol–water partition coefficient (Wildman–Crippen LogP) is 1.58. The minimum absolute atomic E-state index is 0.161. The molecule has 0 saturated heterocycles. The summed E-state index contributed by atoms with van der Waals surface area (Å²) in [5, 5.41) is 25.3. The van der Waals surface area contributed by atoms with Crippen LogP contribution in [-0.4, -0.2) is 21.4 Å². The van der Waals surface area contributed by atoms with Crippen LogP contribution < -0.4 is 5.32 Å². The molecule has 0 fully saturated rings. The lowest BCUT2D eigenvalue weighted by Crippen LogP contribution is -2.12. The summed E-state index contributed by atoms with van der Waals surface area (Å²) in [5.74, 6) is -0.516. The number of aliphatic hydroxyl groups excluding tert-OH is 1. The minimum atomic E-state index is -0.774. The van der Waals surface area contributed by atoms with Gasteiger partial charge >= 0.3 is 0 Å². The summed E-state index contributed by atoms with van der Waals surface area (Å²) in [4.78, 5) is 0. The number of rotatable bonds is 4. The first-order chi connectivity index (χ1) is 9.10. The van der Waals surface area contributed by atoms with Crippen LogP contribution in [-0.2, 0) is 7.05 Å². The Morgan fingerprint density at radius 1 is 1.58 bits per heavy atom. The van der Waals surface area contributed by atoms with E-state index in [2.05, 4.69) is 10.4 Å². The molecule has 0 aliphatic heterocycles. The highest BCUT2D eigenvalue weighted by Crippen LogP contribution is 2.17. The Morgan fingerprint density at radius 2 is 2.37 bits per heavy atom. The summed E-state index contributed by atoms with van der Waals surface area (Å²) in [5.41, 5.74) is 1.17. The summed E-state index contributed by atoms with van der Waals surface area (Å²) in [6, 6.07) is 6.00. The third-order valence-corrected chi connectivity index (χ3v) is 2.69. The van der Waals surface area contributed by atoms with Crippen molar-refractivity contribution in [3.63, 3.8) is 0 Å². The maximum absolute atomic E-state index is 13.6. The largest absolute Gasteiger partial charge is 0.386 e. The van der Waals surface area contributed by atoms with Crippen molar-refractivity contribution in [2.45, 2.75) is 6.10 Å². The average molecular weight is 260 g/mol. The maximum Gasteiger partial charge on any atom is 0.147 e. The average Bonchev–Trinajstić information content (AvgIpc) is 2.83. The zero-order chi connectivity index (χ0) is 13.8. The van der Waals surface area contributed by atoms with Gasteiger partial charge in [-0.05, 0) is 18.2 Å². The molecule has 1 atom stereocenters. The first kappa shape index (κ1) is 13.1. The predicted molar refractivity (Wildman–Crippen MR) is 67.8 cm³/mol. The second kappa shape index (κ2) is 5.50. The van der Waals surface area contributed by atoms with E-state index in [0.717, 1.165) is 6.07 Å². The number of aliphatic hydroxyl groups is 1. The molecular formula is C13H13FN4O. The Morgan fingerprint density at radius 3 is 2.95 bits per heavy atom. The lowest BCUT2D eigenvalue weighted by atomic mass is 10.2. The van der Waals surface area contributed by atoms with E-state index in [0.29, 0.717) is 5.56 Å². The summed E-state index contributed by atoms with van der Waals surface area (Å²) < 4.78 is 15.2. The van der Waals surface area contributed by atoms with Gasteiger partial charge in [0.25, 0.3) is 0 Å². The van der Waals surface area contributed by atoms with E-state index in [-0.39, 0.29) is 17.8 Å². The van der Waals surface area contributed by atoms with Gasteiger partial charge in [-0.1, -0.05) is 0 Å². The van der Waals surface area contributed by atoms with Gasteiger partial charge in [0.15, 0.2) is 0 Å². The van der Waals surface area contributed by atoms with Gasteiger partial charge in [0.1, 0.15) is 5.82 Å². The van der Waals surface area contributed by atoms with Gasteiger partial charge in [0, 0.05) is 25.4 Å². The highest BCUT2D eigenvalue weighted by atomic mass is 19.1. The fourth-order valence-electron chi connectivity index (χ4n) is 1.66. The molecule has 0 aliphatic carbocycles. The second-order valence-electron chi connectivity index (χ2n) is 4.15. The molecule has 98 valence electrons. The normalized spacial score (nSPS) is 11.9. The van der Waals surface area contributed by atoms with E-state index in [1.807, 2.05) is 6.07 Å². The number of nitrogens with zero attached hydrogens (tertiary/aromatic N) is 3. The van der Waals surface area contributed by atoms with E-state index in [1.54, 1.807) is 24.1 Å². The molecule has 1 unspecified atom stereocenters. The van der Waals surface area contributed by atoms with Crippen LogP contribution >= 0.6 is 0 Å². The zero-order valence-corrected chi connectivity index (χ0v) is 10.3. The first-order valence-electron chi connectivity index (χ1n) is 5.70. The third kappa shape index (κ3) is 3.09. The first-order valence-corrected chi connectivity index (χ1v) is 5.70. The number of hydrogen-bond donors (Lipinski definition) is 2. The molecule has 0 aliphatic rings. The molecule has 2 aromatic rings. The van der Waals surface area contributed by atoms with Gasteiger partial charge in [-0.3, -0.25) is 4.68 Å². The summed E-state index contributed by atoms with van der Waals surface area (Å²) in [6.45, 7) is 0.161. The van der Waals surface area contributed by atoms with Gasteiger partial charge in [0.05, 0.1) is 29.6 Å². The molecule has 1 aromatic carbocycles. The number of benzene rings is 1. The SMILES string of the molecule is Cn1cc(C(O)CNc2ccc(C#N)cc2F)cn1. The lowest BCUT2D eigenvalue weighted by molar-refractivity contribution is 0.191. The monoisotopic (exact) mass is 260 g/mol. The molecule has 19 heavy (non-hydrogen) atoms. The van der Waals surface area contributed by atoms with Crippen LogP contribution in [0.3, 0.4) is 0 Å². The Labute approximate surface area is 109 Å². The van der Waals surface area contributed by atoms with Crippen molar-refractivity contribution < 1.29 is 9.50 Å². The maximum atomic E-state index is 13.6. The molecule has 6 heteroatoms. The van der Waals surface area contributed by atoms with Gasteiger partial charge in [-0.15, -0.1) is 0 Å². The molecule has 1 heterocycles. The van der Waals surface area contributed by atoms with Crippen molar-refractivity contribution in [3.05, 3.63) is 47.5 Å². The Kier molecular flexibility index (Phi) is 3.78. The van der Waals surface area contributed by atoms with Crippen molar-refractivity contribution >= 4 is 5.69 Å². The Bertz CT molecular complexity index is 617. The van der Waals surface area contributed by atoms with Crippen LogP contribution in [0.1, 0.15) is 17.2 Å². The van der Waals surface area contributed by atoms with E-state index in [1.165, 1.54) is 12.1 Å². The van der Waals surface area contributed by atoms with E-state index >= 15 is 0 Å². The van der Waals surface area contributed by atoms with E-state index in [4.69, 9.17) is 5.26 Å². The molecule has 2 rings (SSSR count). The van der Waals surface area contributed by atoms with Gasteiger partial charge in [-0.2, -0.15) is 10.4 Å². The minimum Gasteiger partial charge on any atom is -0.386 e. The Balaban J connectivity index is 2.01. The van der Waals surface area contributed by atoms with Crippen molar-refractivity contribution in [1.29, 1.82) is 5.26 Å². The van der Waals surface area contributed by atoms with Crippen LogP contribution in [0.2, 0.25) is 0 Å². The van der Waals surface area contributed by atoms with Crippen LogP contribution in [0, 0.1) is 17.1 Å². The quantitative estimate of drug-likeness (QED) is 0.875. The molecule has 0 radical (unpaired) electrons. The van der Waals surface area contributed by atoms with Crippen LogP contribution in [0.4, 0.5) is 10.1 Å². The molecular weight excluding hydrogens is 247 g/mol. The van der Waals surface area contributed by atoms with E-state index < -0.39 is 11.9 Å². The third-order valence-electron chi connectivity index (χ3n) is 2.69. The fourth-order valence-corrected chi connectivity index (χ4v) is 1.66. The molecule has 2 N–H and O–H groups in total. The topological polar surface area (TPSA) is 73.9 Å².